The van der Waals surface area contributed by atoms with Gasteiger partial charge in [0, 0.05) is 20.0 Å². The standard InChI is InChI=1S/C9H16O4/c1-7(10)6-8(13-2)4-3-5-9(11)12/h8H,3-6H2,1-2H3,(H,11,12). The summed E-state index contributed by atoms with van der Waals surface area (Å²) in [6.45, 7) is 1.50. The Kier molecular flexibility index (Phi) is 6.14. The second-order valence-electron chi connectivity index (χ2n) is 3.05. The number of rotatable bonds is 7. The Labute approximate surface area is 77.9 Å². The van der Waals surface area contributed by atoms with Crippen LogP contribution in [0.1, 0.15) is 32.6 Å². The van der Waals surface area contributed by atoms with Gasteiger partial charge in [-0.05, 0) is 19.8 Å². The van der Waals surface area contributed by atoms with Crippen LogP contribution in [-0.4, -0.2) is 30.1 Å². The van der Waals surface area contributed by atoms with E-state index in [1.54, 1.807) is 0 Å². The molecule has 1 N–H and O–H groups in total. The first-order valence-electron chi connectivity index (χ1n) is 4.30. The number of Topliss-reactive ketones (excluding diaryl/α,β-unsaturated/α-hetero) is 1. The summed E-state index contributed by atoms with van der Waals surface area (Å²) >= 11 is 0. The Hall–Kier alpha value is -0.900. The van der Waals surface area contributed by atoms with Crippen LogP contribution in [0.15, 0.2) is 0 Å². The molecule has 0 aliphatic heterocycles. The minimum atomic E-state index is -0.808. The molecule has 0 spiro atoms. The van der Waals surface area contributed by atoms with Gasteiger partial charge >= 0.3 is 5.97 Å². The van der Waals surface area contributed by atoms with Gasteiger partial charge in [0.05, 0.1) is 6.10 Å². The molecule has 1 atom stereocenters. The van der Waals surface area contributed by atoms with Gasteiger partial charge in [-0.25, -0.2) is 0 Å². The van der Waals surface area contributed by atoms with Crippen LogP contribution >= 0.6 is 0 Å². The van der Waals surface area contributed by atoms with Gasteiger partial charge in [-0.15, -0.1) is 0 Å². The third kappa shape index (κ3) is 7.46. The summed E-state index contributed by atoms with van der Waals surface area (Å²) in [4.78, 5) is 20.9. The van der Waals surface area contributed by atoms with E-state index in [0.717, 1.165) is 0 Å². The fourth-order valence-corrected chi connectivity index (χ4v) is 1.10. The van der Waals surface area contributed by atoms with Gasteiger partial charge in [0.1, 0.15) is 5.78 Å². The zero-order chi connectivity index (χ0) is 10.3. The molecule has 1 unspecified atom stereocenters. The SMILES string of the molecule is COC(CCCC(=O)O)CC(C)=O. The van der Waals surface area contributed by atoms with E-state index in [-0.39, 0.29) is 18.3 Å². The largest absolute Gasteiger partial charge is 0.481 e. The first-order valence-corrected chi connectivity index (χ1v) is 4.30. The van der Waals surface area contributed by atoms with Gasteiger partial charge in [-0.3, -0.25) is 9.59 Å². The maximum atomic E-state index is 10.7. The van der Waals surface area contributed by atoms with Crippen molar-refractivity contribution in [3.63, 3.8) is 0 Å². The number of methoxy groups -OCH3 is 1. The molecular formula is C9H16O4. The molecule has 0 rings (SSSR count). The predicted molar refractivity (Wildman–Crippen MR) is 47.6 cm³/mol. The van der Waals surface area contributed by atoms with Crippen LogP contribution in [0.4, 0.5) is 0 Å². The lowest BCUT2D eigenvalue weighted by molar-refractivity contribution is -0.137. The summed E-state index contributed by atoms with van der Waals surface area (Å²) < 4.78 is 5.03. The molecule has 0 saturated heterocycles. The summed E-state index contributed by atoms with van der Waals surface area (Å²) in [5.74, 6) is -0.736. The van der Waals surface area contributed by atoms with Gasteiger partial charge in [0.2, 0.25) is 0 Å². The molecule has 0 heterocycles. The zero-order valence-corrected chi connectivity index (χ0v) is 8.08. The van der Waals surface area contributed by atoms with Gasteiger partial charge in [0.25, 0.3) is 0 Å². The molecular weight excluding hydrogens is 172 g/mol. The zero-order valence-electron chi connectivity index (χ0n) is 8.08. The highest BCUT2D eigenvalue weighted by Gasteiger charge is 2.10. The minimum Gasteiger partial charge on any atom is -0.481 e. The van der Waals surface area contributed by atoms with E-state index in [1.165, 1.54) is 14.0 Å². The quantitative estimate of drug-likeness (QED) is 0.652. The lowest BCUT2D eigenvalue weighted by atomic mass is 10.1. The summed E-state index contributed by atoms with van der Waals surface area (Å²) in [5.41, 5.74) is 0. The van der Waals surface area contributed by atoms with E-state index in [1.807, 2.05) is 0 Å². The second-order valence-corrected chi connectivity index (χ2v) is 3.05. The number of hydrogen-bond acceptors (Lipinski definition) is 3. The molecule has 0 aromatic heterocycles. The summed E-state index contributed by atoms with van der Waals surface area (Å²) in [6.07, 6.45) is 1.56. The number of carbonyl (C=O) groups is 2. The topological polar surface area (TPSA) is 63.6 Å². The van der Waals surface area contributed by atoms with E-state index in [0.29, 0.717) is 19.3 Å². The lowest BCUT2D eigenvalue weighted by Crippen LogP contribution is -2.14. The van der Waals surface area contributed by atoms with Crippen LogP contribution in [-0.2, 0) is 14.3 Å². The average Bonchev–Trinajstić information content (AvgIpc) is 2.01. The molecule has 0 fully saturated rings. The lowest BCUT2D eigenvalue weighted by Gasteiger charge is -2.12. The van der Waals surface area contributed by atoms with Crippen molar-refractivity contribution >= 4 is 11.8 Å². The van der Waals surface area contributed by atoms with Gasteiger partial charge in [0.15, 0.2) is 0 Å². The fraction of sp³-hybridized carbons (Fsp3) is 0.778. The van der Waals surface area contributed by atoms with Gasteiger partial charge < -0.3 is 9.84 Å². The summed E-state index contributed by atoms with van der Waals surface area (Å²) in [5, 5.41) is 8.37. The second kappa shape index (κ2) is 6.60. The number of carboxylic acid groups (broad SMARTS) is 1. The molecule has 0 aromatic carbocycles. The van der Waals surface area contributed by atoms with Crippen molar-refractivity contribution in [3.8, 4) is 0 Å². The molecule has 76 valence electrons. The highest BCUT2D eigenvalue weighted by atomic mass is 16.5. The average molecular weight is 188 g/mol. The molecule has 0 bridgehead atoms. The van der Waals surface area contributed by atoms with E-state index < -0.39 is 5.97 Å². The molecule has 0 aromatic rings. The molecule has 0 radical (unpaired) electrons. The Morgan fingerprint density at radius 3 is 2.46 bits per heavy atom. The van der Waals surface area contributed by atoms with Crippen molar-refractivity contribution in [2.45, 2.75) is 38.7 Å². The van der Waals surface area contributed by atoms with Crippen molar-refractivity contribution in [3.05, 3.63) is 0 Å². The van der Waals surface area contributed by atoms with Crippen LogP contribution in [0.3, 0.4) is 0 Å². The maximum absolute atomic E-state index is 10.7. The van der Waals surface area contributed by atoms with Crippen LogP contribution in [0.2, 0.25) is 0 Å². The first kappa shape index (κ1) is 12.1. The molecule has 0 aliphatic rings. The molecule has 4 heteroatoms. The van der Waals surface area contributed by atoms with E-state index in [4.69, 9.17) is 9.84 Å². The number of ether oxygens (including phenoxy) is 1. The summed E-state index contributed by atoms with van der Waals surface area (Å²) in [6, 6.07) is 0. The normalized spacial score (nSPS) is 12.5. The number of carboxylic acids is 1. The minimum absolute atomic E-state index is 0.0715. The highest BCUT2D eigenvalue weighted by molar-refractivity contribution is 5.75. The van der Waals surface area contributed by atoms with E-state index in [9.17, 15) is 9.59 Å². The molecule has 4 nitrogen and oxygen atoms in total. The number of carbonyl (C=O) groups excluding carboxylic acids is 1. The van der Waals surface area contributed by atoms with Gasteiger partial charge in [-0.2, -0.15) is 0 Å². The van der Waals surface area contributed by atoms with Crippen LogP contribution < -0.4 is 0 Å². The third-order valence-corrected chi connectivity index (χ3v) is 1.77. The van der Waals surface area contributed by atoms with Crippen molar-refractivity contribution in [1.82, 2.24) is 0 Å². The predicted octanol–water partition coefficient (Wildman–Crippen LogP) is 1.24. The number of hydrogen-bond donors (Lipinski definition) is 1. The number of aliphatic carboxylic acids is 1. The van der Waals surface area contributed by atoms with E-state index >= 15 is 0 Å². The van der Waals surface area contributed by atoms with Crippen molar-refractivity contribution < 1.29 is 19.4 Å². The van der Waals surface area contributed by atoms with Crippen LogP contribution in [0.25, 0.3) is 0 Å². The Bertz CT molecular complexity index is 176. The van der Waals surface area contributed by atoms with Gasteiger partial charge in [-0.1, -0.05) is 0 Å². The molecule has 13 heavy (non-hydrogen) atoms. The smallest absolute Gasteiger partial charge is 0.303 e. The van der Waals surface area contributed by atoms with Crippen LogP contribution in [0.5, 0.6) is 0 Å². The maximum Gasteiger partial charge on any atom is 0.303 e. The molecule has 0 saturated carbocycles. The molecule has 0 aliphatic carbocycles. The third-order valence-electron chi connectivity index (χ3n) is 1.77. The van der Waals surface area contributed by atoms with Crippen molar-refractivity contribution in [1.29, 1.82) is 0 Å². The Morgan fingerprint density at radius 2 is 2.08 bits per heavy atom. The Morgan fingerprint density at radius 1 is 1.46 bits per heavy atom. The fourth-order valence-electron chi connectivity index (χ4n) is 1.10. The summed E-state index contributed by atoms with van der Waals surface area (Å²) in [7, 11) is 1.54. The molecule has 0 amide bonds. The highest BCUT2D eigenvalue weighted by Crippen LogP contribution is 2.08. The monoisotopic (exact) mass is 188 g/mol. The Balaban J connectivity index is 3.59. The first-order chi connectivity index (χ1) is 6.06. The van der Waals surface area contributed by atoms with Crippen molar-refractivity contribution in [2.24, 2.45) is 0 Å². The number of ketones is 1. The van der Waals surface area contributed by atoms with Crippen LogP contribution in [0, 0.1) is 0 Å². The van der Waals surface area contributed by atoms with E-state index in [2.05, 4.69) is 0 Å². The van der Waals surface area contributed by atoms with Crippen molar-refractivity contribution in [2.75, 3.05) is 7.11 Å².